The fraction of sp³-hybridized carbons (Fsp3) is 0.636. The van der Waals surface area contributed by atoms with Crippen molar-refractivity contribution in [1.29, 1.82) is 0 Å². The zero-order chi connectivity index (χ0) is 12.7. The molecule has 0 saturated carbocycles. The standard InChI is InChI=1S/C11H17ClN2O2S/c1-3-6-17-8-10(15)11-9(12)7-13-14(11)4-5-16-2/h7H,3-6,8H2,1-2H3. The molecule has 0 unspecified atom stereocenters. The van der Waals surface area contributed by atoms with Gasteiger partial charge in [-0.3, -0.25) is 9.48 Å². The Morgan fingerprint density at radius 3 is 3.06 bits per heavy atom. The molecule has 0 spiro atoms. The Bertz CT molecular complexity index is 368. The minimum absolute atomic E-state index is 0.0297. The topological polar surface area (TPSA) is 44.1 Å². The highest BCUT2D eigenvalue weighted by atomic mass is 35.5. The fourth-order valence-corrected chi connectivity index (χ4v) is 2.37. The Morgan fingerprint density at radius 1 is 1.65 bits per heavy atom. The number of ether oxygens (including phenoxy) is 1. The zero-order valence-corrected chi connectivity index (χ0v) is 11.7. The molecule has 0 aromatic carbocycles. The summed E-state index contributed by atoms with van der Waals surface area (Å²) in [4.78, 5) is 12.0. The summed E-state index contributed by atoms with van der Waals surface area (Å²) in [5, 5.41) is 4.50. The molecule has 17 heavy (non-hydrogen) atoms. The lowest BCUT2D eigenvalue weighted by molar-refractivity contribution is 0.100. The van der Waals surface area contributed by atoms with Crippen LogP contribution in [0.1, 0.15) is 23.8 Å². The average molecular weight is 277 g/mol. The smallest absolute Gasteiger partial charge is 0.192 e. The van der Waals surface area contributed by atoms with Gasteiger partial charge in [-0.25, -0.2) is 0 Å². The van der Waals surface area contributed by atoms with Crippen molar-refractivity contribution in [2.75, 3.05) is 25.2 Å². The molecular formula is C11H17ClN2O2S. The predicted octanol–water partition coefficient (Wildman–Crippen LogP) is 2.51. The number of carbonyl (C=O) groups is 1. The first-order valence-corrected chi connectivity index (χ1v) is 7.05. The van der Waals surface area contributed by atoms with E-state index < -0.39 is 0 Å². The summed E-state index contributed by atoms with van der Waals surface area (Å²) in [7, 11) is 1.61. The molecule has 0 fully saturated rings. The van der Waals surface area contributed by atoms with E-state index in [1.54, 1.807) is 23.6 Å². The summed E-state index contributed by atoms with van der Waals surface area (Å²) in [6.45, 7) is 3.15. The van der Waals surface area contributed by atoms with Gasteiger partial charge < -0.3 is 4.74 Å². The van der Waals surface area contributed by atoms with Gasteiger partial charge in [0.05, 0.1) is 30.1 Å². The number of hydrogen-bond acceptors (Lipinski definition) is 4. The molecule has 0 radical (unpaired) electrons. The lowest BCUT2D eigenvalue weighted by Gasteiger charge is -2.06. The predicted molar refractivity (Wildman–Crippen MR) is 71.1 cm³/mol. The van der Waals surface area contributed by atoms with Crippen LogP contribution in [0.2, 0.25) is 5.02 Å². The Balaban J connectivity index is 2.66. The largest absolute Gasteiger partial charge is 0.383 e. The number of carbonyl (C=O) groups excluding carboxylic acids is 1. The first-order chi connectivity index (χ1) is 8.20. The molecule has 0 aliphatic carbocycles. The first kappa shape index (κ1) is 14.5. The van der Waals surface area contributed by atoms with E-state index in [1.807, 2.05) is 0 Å². The molecule has 6 heteroatoms. The average Bonchev–Trinajstić information content (AvgIpc) is 2.68. The summed E-state index contributed by atoms with van der Waals surface area (Å²) in [5.74, 6) is 1.46. The van der Waals surface area contributed by atoms with E-state index in [0.29, 0.717) is 29.6 Å². The van der Waals surface area contributed by atoms with Gasteiger partial charge in [0.25, 0.3) is 0 Å². The van der Waals surface area contributed by atoms with Gasteiger partial charge in [-0.1, -0.05) is 18.5 Å². The number of nitrogens with zero attached hydrogens (tertiary/aromatic N) is 2. The quantitative estimate of drug-likeness (QED) is 0.541. The third-order valence-corrected chi connectivity index (χ3v) is 3.59. The van der Waals surface area contributed by atoms with E-state index in [-0.39, 0.29) is 5.78 Å². The molecule has 1 rings (SSSR count). The Labute approximate surface area is 111 Å². The fourth-order valence-electron chi connectivity index (χ4n) is 1.36. The van der Waals surface area contributed by atoms with Crippen LogP contribution in [0.4, 0.5) is 0 Å². The van der Waals surface area contributed by atoms with Crippen molar-refractivity contribution in [3.8, 4) is 0 Å². The van der Waals surface area contributed by atoms with Gasteiger partial charge in [0.2, 0.25) is 0 Å². The van der Waals surface area contributed by atoms with Crippen LogP contribution in [-0.4, -0.2) is 40.8 Å². The summed E-state index contributed by atoms with van der Waals surface area (Å²) in [6.07, 6.45) is 2.57. The van der Waals surface area contributed by atoms with Gasteiger partial charge >= 0.3 is 0 Å². The number of halogens is 1. The highest BCUT2D eigenvalue weighted by molar-refractivity contribution is 7.99. The van der Waals surface area contributed by atoms with Crippen molar-refractivity contribution in [2.24, 2.45) is 0 Å². The summed E-state index contributed by atoms with van der Waals surface area (Å²) in [6, 6.07) is 0. The SMILES string of the molecule is CCCSCC(=O)c1c(Cl)cnn1CCOC. The molecule has 4 nitrogen and oxygen atoms in total. The Kier molecular flexibility index (Phi) is 6.62. The van der Waals surface area contributed by atoms with Gasteiger partial charge in [-0.2, -0.15) is 16.9 Å². The third kappa shape index (κ3) is 4.33. The highest BCUT2D eigenvalue weighted by Gasteiger charge is 2.16. The number of methoxy groups -OCH3 is 1. The molecule has 0 N–H and O–H groups in total. The Hall–Kier alpha value is -0.520. The van der Waals surface area contributed by atoms with E-state index in [4.69, 9.17) is 16.3 Å². The van der Waals surface area contributed by atoms with Gasteiger partial charge in [-0.15, -0.1) is 0 Å². The van der Waals surface area contributed by atoms with Crippen LogP contribution in [0.25, 0.3) is 0 Å². The van der Waals surface area contributed by atoms with Crippen molar-refractivity contribution in [1.82, 2.24) is 9.78 Å². The second kappa shape index (κ2) is 7.74. The molecule has 1 heterocycles. The lowest BCUT2D eigenvalue weighted by Crippen LogP contribution is -2.15. The van der Waals surface area contributed by atoms with Crippen LogP contribution in [0, 0.1) is 0 Å². The second-order valence-electron chi connectivity index (χ2n) is 3.53. The van der Waals surface area contributed by atoms with Crippen molar-refractivity contribution < 1.29 is 9.53 Å². The lowest BCUT2D eigenvalue weighted by atomic mass is 10.3. The van der Waals surface area contributed by atoms with Crippen molar-refractivity contribution in [2.45, 2.75) is 19.9 Å². The number of thioether (sulfide) groups is 1. The molecule has 1 aromatic rings. The maximum atomic E-state index is 12.0. The summed E-state index contributed by atoms with van der Waals surface area (Å²) in [5.41, 5.74) is 0.493. The van der Waals surface area contributed by atoms with Crippen LogP contribution in [0.3, 0.4) is 0 Å². The van der Waals surface area contributed by atoms with Crippen molar-refractivity contribution >= 4 is 29.1 Å². The minimum atomic E-state index is 0.0297. The van der Waals surface area contributed by atoms with Gasteiger partial charge in [-0.05, 0) is 12.2 Å². The van der Waals surface area contributed by atoms with E-state index in [1.165, 1.54) is 6.20 Å². The number of hydrogen-bond donors (Lipinski definition) is 0. The maximum Gasteiger partial charge on any atom is 0.192 e. The molecule has 0 aliphatic rings. The number of Topliss-reactive ketones (excluding diaryl/α,β-unsaturated/α-hetero) is 1. The molecule has 0 saturated heterocycles. The number of aromatic nitrogens is 2. The Morgan fingerprint density at radius 2 is 2.41 bits per heavy atom. The van der Waals surface area contributed by atoms with Gasteiger partial charge in [0.1, 0.15) is 5.69 Å². The van der Waals surface area contributed by atoms with Crippen LogP contribution in [0.5, 0.6) is 0 Å². The minimum Gasteiger partial charge on any atom is -0.383 e. The van der Waals surface area contributed by atoms with E-state index >= 15 is 0 Å². The van der Waals surface area contributed by atoms with Gasteiger partial charge in [0.15, 0.2) is 5.78 Å². The maximum absolute atomic E-state index is 12.0. The number of rotatable bonds is 8. The molecular weight excluding hydrogens is 260 g/mol. The molecule has 0 amide bonds. The summed E-state index contributed by atoms with van der Waals surface area (Å²) >= 11 is 7.60. The van der Waals surface area contributed by atoms with Crippen LogP contribution < -0.4 is 0 Å². The van der Waals surface area contributed by atoms with Crippen molar-refractivity contribution in [3.05, 3.63) is 16.9 Å². The zero-order valence-electron chi connectivity index (χ0n) is 10.1. The molecule has 0 aliphatic heterocycles. The molecule has 96 valence electrons. The van der Waals surface area contributed by atoms with Crippen LogP contribution >= 0.6 is 23.4 Å². The van der Waals surface area contributed by atoms with Crippen LogP contribution in [-0.2, 0) is 11.3 Å². The van der Waals surface area contributed by atoms with E-state index in [2.05, 4.69) is 12.0 Å². The van der Waals surface area contributed by atoms with Crippen LogP contribution in [0.15, 0.2) is 6.20 Å². The van der Waals surface area contributed by atoms with E-state index in [9.17, 15) is 4.79 Å². The monoisotopic (exact) mass is 276 g/mol. The van der Waals surface area contributed by atoms with Crippen molar-refractivity contribution in [3.63, 3.8) is 0 Å². The van der Waals surface area contributed by atoms with Gasteiger partial charge in [0, 0.05) is 7.11 Å². The third-order valence-electron chi connectivity index (χ3n) is 2.15. The number of ketones is 1. The normalized spacial score (nSPS) is 10.8. The van der Waals surface area contributed by atoms with E-state index in [0.717, 1.165) is 12.2 Å². The molecule has 0 bridgehead atoms. The first-order valence-electron chi connectivity index (χ1n) is 5.51. The summed E-state index contributed by atoms with van der Waals surface area (Å²) < 4.78 is 6.58. The molecule has 1 aromatic heterocycles. The molecule has 0 atom stereocenters. The highest BCUT2D eigenvalue weighted by Crippen LogP contribution is 2.18. The second-order valence-corrected chi connectivity index (χ2v) is 5.05.